The van der Waals surface area contributed by atoms with E-state index in [1.165, 1.54) is 7.11 Å². The molecule has 4 atom stereocenters. The fraction of sp³-hybridized carbons (Fsp3) is 0.682. The second-order valence-electron chi connectivity index (χ2n) is 9.49. The van der Waals surface area contributed by atoms with Gasteiger partial charge in [-0.3, -0.25) is 8.98 Å². The van der Waals surface area contributed by atoms with Crippen molar-refractivity contribution in [3.05, 3.63) is 36.5 Å². The summed E-state index contributed by atoms with van der Waals surface area (Å²) in [5, 5.41) is 0. The first-order valence-corrected chi connectivity index (χ1v) is 11.6. The Morgan fingerprint density at radius 2 is 1.84 bits per heavy atom. The predicted molar refractivity (Wildman–Crippen MR) is 111 cm³/mol. The molecule has 9 heteroatoms. The highest BCUT2D eigenvalue weighted by atomic mass is 32.2. The quantitative estimate of drug-likeness (QED) is 0.221. The monoisotopic (exact) mass is 464 g/mol. The van der Waals surface area contributed by atoms with Gasteiger partial charge in [-0.05, 0) is 68.3 Å². The van der Waals surface area contributed by atoms with Gasteiger partial charge in [-0.15, -0.1) is 0 Å². The molecule has 4 unspecified atom stereocenters. The van der Waals surface area contributed by atoms with Crippen molar-refractivity contribution in [3.63, 3.8) is 0 Å². The van der Waals surface area contributed by atoms with Crippen LogP contribution in [0.2, 0.25) is 0 Å². The van der Waals surface area contributed by atoms with Crippen LogP contribution < -0.4 is 0 Å². The Morgan fingerprint density at radius 1 is 1.19 bits per heavy atom. The summed E-state index contributed by atoms with van der Waals surface area (Å²) in [6.07, 6.45) is 9.78. The topological polar surface area (TPSA) is 69.7 Å². The highest BCUT2D eigenvalue weighted by molar-refractivity contribution is 7.87. The first kappa shape index (κ1) is 25.6. The van der Waals surface area contributed by atoms with Crippen LogP contribution in [0.1, 0.15) is 52.9 Å². The molecule has 0 aliphatic heterocycles. The zero-order valence-electron chi connectivity index (χ0n) is 18.4. The SMILES string of the molecule is C=C/C=C(\C=C/C)C12CC(CC(C)(COS(=O)(=O)C(F)(F)F)C1)CC(C)(C(=O)OC)C2. The Morgan fingerprint density at radius 3 is 2.35 bits per heavy atom. The van der Waals surface area contributed by atoms with Gasteiger partial charge in [0.1, 0.15) is 0 Å². The summed E-state index contributed by atoms with van der Waals surface area (Å²) in [6, 6.07) is 0. The minimum Gasteiger partial charge on any atom is -0.469 e. The second kappa shape index (κ2) is 8.73. The number of hydrogen-bond acceptors (Lipinski definition) is 5. The predicted octanol–water partition coefficient (Wildman–Crippen LogP) is 5.31. The van der Waals surface area contributed by atoms with Crippen LogP contribution in [0.3, 0.4) is 0 Å². The lowest BCUT2D eigenvalue weighted by atomic mass is 9.47. The molecule has 2 aliphatic rings. The van der Waals surface area contributed by atoms with Gasteiger partial charge in [0.2, 0.25) is 0 Å². The average molecular weight is 465 g/mol. The number of esters is 1. The molecule has 2 fully saturated rings. The largest absolute Gasteiger partial charge is 0.523 e. The highest BCUT2D eigenvalue weighted by Crippen LogP contribution is 2.63. The molecule has 2 rings (SSSR count). The summed E-state index contributed by atoms with van der Waals surface area (Å²) >= 11 is 0. The van der Waals surface area contributed by atoms with E-state index in [2.05, 4.69) is 10.8 Å². The summed E-state index contributed by atoms with van der Waals surface area (Å²) in [7, 11) is -4.33. The standard InChI is InChI=1S/C22H31F3O5S/c1-6-8-17(9-7-2)21-12-16(11-20(4,14-21)18(26)29-5)10-19(3,13-21)15-30-31(27,28)22(23,24)25/h6-9,16H,1,10-15H2,2-5H3/b9-7-,17-8+. The third-order valence-corrected chi connectivity index (χ3v) is 7.47. The van der Waals surface area contributed by atoms with Crippen LogP contribution in [-0.2, 0) is 23.8 Å². The number of rotatable bonds is 7. The minimum absolute atomic E-state index is 0.00716. The van der Waals surface area contributed by atoms with Gasteiger partial charge in [-0.25, -0.2) is 0 Å². The van der Waals surface area contributed by atoms with Crippen molar-refractivity contribution in [1.82, 2.24) is 0 Å². The van der Waals surface area contributed by atoms with Crippen LogP contribution in [0.15, 0.2) is 36.5 Å². The molecular formula is C22H31F3O5S. The zero-order chi connectivity index (χ0) is 23.7. The molecule has 0 amide bonds. The lowest BCUT2D eigenvalue weighted by Gasteiger charge is -2.57. The van der Waals surface area contributed by atoms with E-state index in [0.29, 0.717) is 25.7 Å². The highest BCUT2D eigenvalue weighted by Gasteiger charge is 2.58. The Bertz CT molecular complexity index is 876. The van der Waals surface area contributed by atoms with Crippen molar-refractivity contribution in [2.45, 2.75) is 58.4 Å². The number of carbonyl (C=O) groups is 1. The average Bonchev–Trinajstić information content (AvgIpc) is 2.63. The smallest absolute Gasteiger partial charge is 0.469 e. The van der Waals surface area contributed by atoms with Crippen LogP contribution in [0.5, 0.6) is 0 Å². The molecule has 5 nitrogen and oxygen atoms in total. The van der Waals surface area contributed by atoms with Crippen molar-refractivity contribution in [3.8, 4) is 0 Å². The van der Waals surface area contributed by atoms with Gasteiger partial charge in [-0.2, -0.15) is 21.6 Å². The van der Waals surface area contributed by atoms with Gasteiger partial charge in [0.05, 0.1) is 19.1 Å². The normalized spacial score (nSPS) is 34.5. The lowest BCUT2D eigenvalue weighted by molar-refractivity contribution is -0.162. The zero-order valence-corrected chi connectivity index (χ0v) is 19.2. The first-order chi connectivity index (χ1) is 14.2. The van der Waals surface area contributed by atoms with Crippen molar-refractivity contribution < 1.29 is 35.3 Å². The molecule has 0 heterocycles. The van der Waals surface area contributed by atoms with E-state index >= 15 is 0 Å². The van der Waals surface area contributed by atoms with Crippen LogP contribution in [0, 0.1) is 22.2 Å². The number of alkyl halides is 3. The van der Waals surface area contributed by atoms with E-state index < -0.39 is 38.5 Å². The van der Waals surface area contributed by atoms with E-state index in [4.69, 9.17) is 4.74 Å². The summed E-state index contributed by atoms with van der Waals surface area (Å²) in [4.78, 5) is 12.6. The van der Waals surface area contributed by atoms with Gasteiger partial charge >= 0.3 is 21.6 Å². The van der Waals surface area contributed by atoms with Crippen molar-refractivity contribution in [2.75, 3.05) is 13.7 Å². The molecule has 2 aliphatic carbocycles. The molecule has 2 saturated carbocycles. The Balaban J connectivity index is 2.48. The summed E-state index contributed by atoms with van der Waals surface area (Å²) in [5.41, 5.74) is -6.67. The maximum Gasteiger partial charge on any atom is 0.523 e. The molecule has 0 N–H and O–H groups in total. The van der Waals surface area contributed by atoms with Crippen LogP contribution in [0.4, 0.5) is 13.2 Å². The minimum atomic E-state index is -5.68. The molecule has 0 aromatic rings. The molecule has 0 saturated heterocycles. The Kier molecular flexibility index (Phi) is 7.22. The Labute approximate surface area is 182 Å². The summed E-state index contributed by atoms with van der Waals surface area (Å²) < 4.78 is 70.9. The number of allylic oxidation sites excluding steroid dienone is 5. The molecule has 2 bridgehead atoms. The number of fused-ring (bicyclic) bond motifs is 2. The van der Waals surface area contributed by atoms with Gasteiger partial charge in [0, 0.05) is 0 Å². The van der Waals surface area contributed by atoms with E-state index in [9.17, 15) is 26.4 Å². The maximum absolute atomic E-state index is 12.8. The third kappa shape index (κ3) is 5.25. The van der Waals surface area contributed by atoms with Crippen molar-refractivity contribution in [1.29, 1.82) is 0 Å². The fourth-order valence-electron chi connectivity index (χ4n) is 5.85. The van der Waals surface area contributed by atoms with Gasteiger partial charge in [-0.1, -0.05) is 37.8 Å². The number of ether oxygens (including phenoxy) is 1. The third-order valence-electron chi connectivity index (χ3n) is 6.47. The van der Waals surface area contributed by atoms with Crippen LogP contribution in [0.25, 0.3) is 0 Å². The van der Waals surface area contributed by atoms with E-state index in [0.717, 1.165) is 12.0 Å². The molecule has 0 aromatic heterocycles. The van der Waals surface area contributed by atoms with Crippen LogP contribution >= 0.6 is 0 Å². The number of carbonyl (C=O) groups excluding carboxylic acids is 1. The van der Waals surface area contributed by atoms with E-state index in [1.807, 2.05) is 32.1 Å². The van der Waals surface area contributed by atoms with Crippen molar-refractivity contribution >= 4 is 16.1 Å². The van der Waals surface area contributed by atoms with E-state index in [-0.39, 0.29) is 11.9 Å². The second-order valence-corrected chi connectivity index (χ2v) is 11.1. The van der Waals surface area contributed by atoms with E-state index in [1.54, 1.807) is 13.0 Å². The number of halogens is 3. The van der Waals surface area contributed by atoms with Gasteiger partial charge in [0.25, 0.3) is 0 Å². The fourth-order valence-corrected chi connectivity index (χ4v) is 6.43. The maximum atomic E-state index is 12.8. The number of hydrogen-bond donors (Lipinski definition) is 0. The summed E-state index contributed by atoms with van der Waals surface area (Å²) in [5.74, 6) is -0.327. The number of methoxy groups -OCH3 is 1. The summed E-state index contributed by atoms with van der Waals surface area (Å²) in [6.45, 7) is 8.66. The van der Waals surface area contributed by atoms with Gasteiger partial charge < -0.3 is 4.74 Å². The Hall–Kier alpha value is -1.61. The van der Waals surface area contributed by atoms with Gasteiger partial charge in [0.15, 0.2) is 0 Å². The first-order valence-electron chi connectivity index (χ1n) is 10.2. The van der Waals surface area contributed by atoms with Crippen LogP contribution in [-0.4, -0.2) is 33.6 Å². The van der Waals surface area contributed by atoms with Crippen molar-refractivity contribution in [2.24, 2.45) is 22.2 Å². The molecular weight excluding hydrogens is 433 g/mol. The molecule has 0 radical (unpaired) electrons. The molecule has 0 aromatic carbocycles. The molecule has 176 valence electrons. The lowest BCUT2D eigenvalue weighted by Crippen LogP contribution is -2.52. The molecule has 31 heavy (non-hydrogen) atoms. The molecule has 0 spiro atoms.